The number of carbonyl (C=O) groups excluding carboxylic acids is 1. The fourth-order valence-electron chi connectivity index (χ4n) is 0.323. The third-order valence-electron chi connectivity index (χ3n) is 0.726. The van der Waals surface area contributed by atoms with Gasteiger partial charge in [-0.2, -0.15) is 8.42 Å². The molecule has 0 bridgehead atoms. The highest BCUT2D eigenvalue weighted by Gasteiger charge is 2.06. The van der Waals surface area contributed by atoms with Gasteiger partial charge in [-0.05, 0) is 19.9 Å². The molecule has 0 heterocycles. The van der Waals surface area contributed by atoms with Gasteiger partial charge in [-0.1, -0.05) is 6.58 Å². The highest BCUT2D eigenvalue weighted by atomic mass is 32.3. The van der Waals surface area contributed by atoms with E-state index >= 15 is 0 Å². The van der Waals surface area contributed by atoms with E-state index in [1.807, 2.05) is 0 Å². The summed E-state index contributed by atoms with van der Waals surface area (Å²) in [5, 5.41) is 0. The van der Waals surface area contributed by atoms with Crippen LogP contribution >= 0.6 is 0 Å². The summed E-state index contributed by atoms with van der Waals surface area (Å²) in [7, 11) is -3.68. The maximum atomic E-state index is 10.4. The Balaban J connectivity index is 0. The number of primary amides is 1. The molecule has 0 aromatic heterocycles. The monoisotopic (exact) mass is 225 g/mol. The van der Waals surface area contributed by atoms with Gasteiger partial charge in [0.05, 0.1) is 13.2 Å². The van der Waals surface area contributed by atoms with Crippen molar-refractivity contribution in [1.29, 1.82) is 0 Å². The first-order valence-electron chi connectivity index (χ1n) is 3.85. The molecular formula is C7H15NO5S. The topological polar surface area (TPSA) is 95.7 Å². The normalized spacial score (nSPS) is 9.86. The first-order valence-corrected chi connectivity index (χ1v) is 5.18. The molecular weight excluding hydrogens is 210 g/mol. The fraction of sp³-hybridized carbons (Fsp3) is 0.571. The molecule has 0 fully saturated rings. The molecule has 7 heteroatoms. The Morgan fingerprint density at radius 2 is 1.64 bits per heavy atom. The van der Waals surface area contributed by atoms with Crippen molar-refractivity contribution in [2.45, 2.75) is 13.8 Å². The van der Waals surface area contributed by atoms with Crippen LogP contribution in [0, 0.1) is 0 Å². The summed E-state index contributed by atoms with van der Waals surface area (Å²) < 4.78 is 29.2. The van der Waals surface area contributed by atoms with Crippen LogP contribution in [0.4, 0.5) is 0 Å². The van der Waals surface area contributed by atoms with E-state index in [4.69, 9.17) is 0 Å². The van der Waals surface area contributed by atoms with Gasteiger partial charge in [-0.25, -0.2) is 8.37 Å². The Morgan fingerprint density at radius 3 is 1.79 bits per heavy atom. The fourth-order valence-corrected chi connectivity index (χ4v) is 0.968. The summed E-state index contributed by atoms with van der Waals surface area (Å²) in [6, 6.07) is 0. The van der Waals surface area contributed by atoms with Crippen molar-refractivity contribution in [3.63, 3.8) is 0 Å². The van der Waals surface area contributed by atoms with E-state index in [-0.39, 0.29) is 13.2 Å². The lowest BCUT2D eigenvalue weighted by Gasteiger charge is -1.99. The van der Waals surface area contributed by atoms with E-state index in [0.29, 0.717) is 0 Å². The van der Waals surface area contributed by atoms with Crippen molar-refractivity contribution in [2.75, 3.05) is 13.2 Å². The van der Waals surface area contributed by atoms with Gasteiger partial charge in [0.2, 0.25) is 5.91 Å². The molecule has 0 unspecified atom stereocenters. The number of hydrogen-bond donors (Lipinski definition) is 1. The molecule has 0 radical (unpaired) electrons. The molecule has 6 nitrogen and oxygen atoms in total. The molecule has 14 heavy (non-hydrogen) atoms. The number of hydrogen-bond acceptors (Lipinski definition) is 5. The maximum absolute atomic E-state index is 10.4. The van der Waals surface area contributed by atoms with E-state index in [9.17, 15) is 13.2 Å². The molecule has 1 amide bonds. The van der Waals surface area contributed by atoms with Gasteiger partial charge >= 0.3 is 10.4 Å². The van der Waals surface area contributed by atoms with Crippen LogP contribution in [-0.2, 0) is 23.6 Å². The van der Waals surface area contributed by atoms with Gasteiger partial charge in [-0.15, -0.1) is 0 Å². The van der Waals surface area contributed by atoms with Gasteiger partial charge in [0, 0.05) is 0 Å². The van der Waals surface area contributed by atoms with E-state index in [1.165, 1.54) is 0 Å². The summed E-state index contributed by atoms with van der Waals surface area (Å²) >= 11 is 0. The van der Waals surface area contributed by atoms with Crippen LogP contribution in [0.5, 0.6) is 0 Å². The first kappa shape index (κ1) is 15.5. The Morgan fingerprint density at radius 1 is 1.36 bits per heavy atom. The van der Waals surface area contributed by atoms with Crippen LogP contribution in [0.1, 0.15) is 13.8 Å². The zero-order chi connectivity index (χ0) is 11.6. The highest BCUT2D eigenvalue weighted by molar-refractivity contribution is 7.81. The lowest BCUT2D eigenvalue weighted by molar-refractivity contribution is -0.113. The molecule has 0 rings (SSSR count). The molecule has 0 aromatic rings. The predicted octanol–water partition coefficient (Wildman–Crippen LogP) is -0.0381. The van der Waals surface area contributed by atoms with Crippen LogP contribution in [0.25, 0.3) is 0 Å². The van der Waals surface area contributed by atoms with Crippen LogP contribution in [0.3, 0.4) is 0 Å². The average molecular weight is 225 g/mol. The van der Waals surface area contributed by atoms with Crippen LogP contribution < -0.4 is 5.73 Å². The maximum Gasteiger partial charge on any atom is 0.399 e. The zero-order valence-electron chi connectivity index (χ0n) is 8.23. The zero-order valence-corrected chi connectivity index (χ0v) is 9.04. The highest BCUT2D eigenvalue weighted by Crippen LogP contribution is 1.93. The van der Waals surface area contributed by atoms with Crippen LogP contribution in [0.2, 0.25) is 0 Å². The molecule has 0 aliphatic rings. The van der Waals surface area contributed by atoms with Crippen molar-refractivity contribution in [3.05, 3.63) is 12.7 Å². The summed E-state index contributed by atoms with van der Waals surface area (Å²) in [5.74, 6) is -0.481. The minimum absolute atomic E-state index is 0.113. The Labute approximate surface area is 84.0 Å². The molecule has 0 aliphatic heterocycles. The number of rotatable bonds is 5. The largest absolute Gasteiger partial charge is 0.399 e. The summed E-state index contributed by atoms with van der Waals surface area (Å²) in [6.07, 6.45) is 1.06. The minimum atomic E-state index is -3.68. The summed E-state index contributed by atoms with van der Waals surface area (Å²) in [6.45, 7) is 6.47. The summed E-state index contributed by atoms with van der Waals surface area (Å²) in [5.41, 5.74) is 4.53. The molecule has 0 aliphatic carbocycles. The lowest BCUT2D eigenvalue weighted by atomic mass is 10.6. The molecule has 2 N–H and O–H groups in total. The standard InChI is InChI=1S/C4H10O4S.C3H5NO/c1-3-7-9(5,6)8-4-2;1-2-3(4)5/h3-4H2,1-2H3;2H,1H2,(H2,4,5). The predicted molar refractivity (Wildman–Crippen MR) is 51.6 cm³/mol. The van der Waals surface area contributed by atoms with Crippen LogP contribution in [-0.4, -0.2) is 27.5 Å². The van der Waals surface area contributed by atoms with Crippen LogP contribution in [0.15, 0.2) is 12.7 Å². The third kappa shape index (κ3) is 13.7. The van der Waals surface area contributed by atoms with Crippen molar-refractivity contribution in [1.82, 2.24) is 0 Å². The van der Waals surface area contributed by atoms with Crippen molar-refractivity contribution in [2.24, 2.45) is 5.73 Å². The average Bonchev–Trinajstić information content (AvgIpc) is 2.05. The molecule has 0 saturated carbocycles. The van der Waals surface area contributed by atoms with Gasteiger partial charge < -0.3 is 5.73 Å². The van der Waals surface area contributed by atoms with E-state index in [1.54, 1.807) is 13.8 Å². The van der Waals surface area contributed by atoms with Gasteiger partial charge in [0.25, 0.3) is 0 Å². The van der Waals surface area contributed by atoms with E-state index < -0.39 is 16.3 Å². The first-order chi connectivity index (χ1) is 6.39. The number of carbonyl (C=O) groups is 1. The summed E-state index contributed by atoms with van der Waals surface area (Å²) in [4.78, 5) is 9.47. The van der Waals surface area contributed by atoms with E-state index in [2.05, 4.69) is 20.7 Å². The SMILES string of the molecule is C=CC(N)=O.CCOS(=O)(=O)OCC. The second kappa shape index (κ2) is 8.67. The second-order valence-corrected chi connectivity index (χ2v) is 3.12. The minimum Gasteiger partial charge on any atom is -0.366 e. The van der Waals surface area contributed by atoms with Crippen molar-refractivity contribution in [3.8, 4) is 0 Å². The molecule has 0 atom stereocenters. The Hall–Kier alpha value is -0.920. The molecule has 0 aromatic carbocycles. The second-order valence-electron chi connectivity index (χ2n) is 1.83. The smallest absolute Gasteiger partial charge is 0.366 e. The molecule has 0 spiro atoms. The molecule has 0 saturated heterocycles. The quantitative estimate of drug-likeness (QED) is 0.662. The third-order valence-corrected chi connectivity index (χ3v) is 1.77. The van der Waals surface area contributed by atoms with Crippen molar-refractivity contribution >= 4 is 16.3 Å². The number of amides is 1. The lowest BCUT2D eigenvalue weighted by Crippen LogP contribution is -2.09. The van der Waals surface area contributed by atoms with Crippen molar-refractivity contribution < 1.29 is 21.6 Å². The van der Waals surface area contributed by atoms with Gasteiger partial charge in [-0.3, -0.25) is 4.79 Å². The Bertz CT molecular complexity index is 247. The van der Waals surface area contributed by atoms with Gasteiger partial charge in [0.1, 0.15) is 0 Å². The van der Waals surface area contributed by atoms with E-state index in [0.717, 1.165) is 6.08 Å². The Kier molecular flexibility index (Phi) is 9.63. The van der Waals surface area contributed by atoms with Gasteiger partial charge in [0.15, 0.2) is 0 Å². The number of nitrogens with two attached hydrogens (primary N) is 1. The molecule has 84 valence electrons.